The molecule has 1 aliphatic rings. The van der Waals surface area contributed by atoms with Crippen LogP contribution in [0.2, 0.25) is 5.02 Å². The zero-order valence-electron chi connectivity index (χ0n) is 15.0. The Balaban J connectivity index is 1.84. The topological polar surface area (TPSA) is 49.9 Å². The molecule has 0 saturated carbocycles. The van der Waals surface area contributed by atoms with Crippen molar-refractivity contribution in [2.45, 2.75) is 19.9 Å². The minimum Gasteiger partial charge on any atom is -0.495 e. The molecule has 0 spiro atoms. The van der Waals surface area contributed by atoms with Gasteiger partial charge in [0.15, 0.2) is 0 Å². The van der Waals surface area contributed by atoms with Gasteiger partial charge in [-0.2, -0.15) is 0 Å². The van der Waals surface area contributed by atoms with E-state index in [0.29, 0.717) is 29.4 Å². The maximum atomic E-state index is 13.0. The highest BCUT2D eigenvalue weighted by molar-refractivity contribution is 6.30. The molecule has 0 bridgehead atoms. The number of anilines is 1. The number of hydrogen-bond donors (Lipinski definition) is 0. The van der Waals surface area contributed by atoms with Crippen molar-refractivity contribution in [2.24, 2.45) is 0 Å². The van der Waals surface area contributed by atoms with Gasteiger partial charge in [0.05, 0.1) is 12.8 Å². The second-order valence-corrected chi connectivity index (χ2v) is 6.78. The Morgan fingerprint density at radius 1 is 1.15 bits per heavy atom. The second-order valence-electron chi connectivity index (χ2n) is 6.35. The highest BCUT2D eigenvalue weighted by Crippen LogP contribution is 2.31. The Labute approximate surface area is 158 Å². The van der Waals surface area contributed by atoms with Crippen molar-refractivity contribution in [1.29, 1.82) is 0 Å². The summed E-state index contributed by atoms with van der Waals surface area (Å²) in [5.74, 6) is 0.356. The monoisotopic (exact) mass is 372 g/mol. The summed E-state index contributed by atoms with van der Waals surface area (Å²) in [6.45, 7) is 4.59. The van der Waals surface area contributed by atoms with Crippen LogP contribution in [0, 0.1) is 6.92 Å². The van der Waals surface area contributed by atoms with Crippen molar-refractivity contribution in [2.75, 3.05) is 25.1 Å². The van der Waals surface area contributed by atoms with E-state index in [1.54, 1.807) is 48.1 Å². The molecule has 0 aromatic heterocycles. The van der Waals surface area contributed by atoms with Gasteiger partial charge in [0.25, 0.3) is 5.91 Å². The van der Waals surface area contributed by atoms with Gasteiger partial charge in [-0.05, 0) is 55.8 Å². The maximum absolute atomic E-state index is 13.0. The number of rotatable bonds is 3. The highest BCUT2D eigenvalue weighted by atomic mass is 35.5. The molecule has 3 rings (SSSR count). The minimum absolute atomic E-state index is 0.123. The molecule has 2 aromatic carbocycles. The summed E-state index contributed by atoms with van der Waals surface area (Å²) < 4.78 is 5.41. The third-order valence-corrected chi connectivity index (χ3v) is 4.88. The van der Waals surface area contributed by atoms with E-state index >= 15 is 0 Å². The molecule has 26 heavy (non-hydrogen) atoms. The van der Waals surface area contributed by atoms with E-state index in [0.717, 1.165) is 11.3 Å². The van der Waals surface area contributed by atoms with Crippen molar-refractivity contribution in [3.05, 3.63) is 58.6 Å². The number of nitrogens with zero attached hydrogens (tertiary/aromatic N) is 2. The van der Waals surface area contributed by atoms with Gasteiger partial charge in [-0.1, -0.05) is 17.7 Å². The summed E-state index contributed by atoms with van der Waals surface area (Å²) in [6, 6.07) is 11.9. The van der Waals surface area contributed by atoms with E-state index in [1.807, 2.05) is 25.1 Å². The van der Waals surface area contributed by atoms with Crippen LogP contribution in [0.5, 0.6) is 5.75 Å². The summed E-state index contributed by atoms with van der Waals surface area (Å²) in [5, 5.41) is 0.571. The molecule has 2 aromatic rings. The van der Waals surface area contributed by atoms with Gasteiger partial charge in [0.2, 0.25) is 5.91 Å². The van der Waals surface area contributed by atoms with Crippen molar-refractivity contribution in [1.82, 2.24) is 4.90 Å². The van der Waals surface area contributed by atoms with E-state index in [9.17, 15) is 9.59 Å². The predicted octanol–water partition coefficient (Wildman–Crippen LogP) is 3.53. The van der Waals surface area contributed by atoms with Gasteiger partial charge < -0.3 is 14.5 Å². The average molecular weight is 373 g/mol. The van der Waals surface area contributed by atoms with Gasteiger partial charge >= 0.3 is 0 Å². The molecular formula is C20H21ClN2O3. The van der Waals surface area contributed by atoms with Crippen LogP contribution in [-0.4, -0.2) is 43.0 Å². The van der Waals surface area contributed by atoms with Crippen LogP contribution in [0.25, 0.3) is 0 Å². The zero-order chi connectivity index (χ0) is 18.8. The first-order valence-electron chi connectivity index (χ1n) is 8.45. The maximum Gasteiger partial charge on any atom is 0.254 e. The lowest BCUT2D eigenvalue weighted by molar-refractivity contribution is -0.124. The summed E-state index contributed by atoms with van der Waals surface area (Å²) in [7, 11) is 1.59. The Hall–Kier alpha value is -2.53. The quantitative estimate of drug-likeness (QED) is 0.828. The molecule has 1 aliphatic heterocycles. The number of carbonyl (C=O) groups excluding carboxylic acids is 2. The highest BCUT2D eigenvalue weighted by Gasteiger charge is 2.36. The molecule has 2 amide bonds. The van der Waals surface area contributed by atoms with Crippen molar-refractivity contribution in [3.8, 4) is 5.75 Å². The largest absolute Gasteiger partial charge is 0.495 e. The molecule has 0 unspecified atom stereocenters. The number of aryl methyl sites for hydroxylation is 1. The van der Waals surface area contributed by atoms with Gasteiger partial charge in [0, 0.05) is 23.7 Å². The van der Waals surface area contributed by atoms with E-state index in [4.69, 9.17) is 16.3 Å². The average Bonchev–Trinajstić information content (AvgIpc) is 2.64. The standard InChI is InChI=1S/C20H21ClN2O3/c1-13-4-9-18(26-3)17(12-13)23-11-10-22(14(2)19(23)24)20(25)15-5-7-16(21)8-6-15/h4-9,12,14H,10-11H2,1-3H3/t14-/m0/s1. The van der Waals surface area contributed by atoms with E-state index in [-0.39, 0.29) is 11.8 Å². The molecule has 1 atom stereocenters. The fourth-order valence-electron chi connectivity index (χ4n) is 3.16. The molecular weight excluding hydrogens is 352 g/mol. The number of benzene rings is 2. The number of amides is 2. The van der Waals surface area contributed by atoms with Crippen LogP contribution in [0.3, 0.4) is 0 Å². The zero-order valence-corrected chi connectivity index (χ0v) is 15.8. The third-order valence-electron chi connectivity index (χ3n) is 4.63. The Bertz CT molecular complexity index is 835. The van der Waals surface area contributed by atoms with Crippen molar-refractivity contribution >= 4 is 29.1 Å². The number of carbonyl (C=O) groups is 2. The number of hydrogen-bond acceptors (Lipinski definition) is 3. The Morgan fingerprint density at radius 2 is 1.85 bits per heavy atom. The molecule has 6 heteroatoms. The molecule has 1 fully saturated rings. The Kier molecular flexibility index (Phi) is 5.18. The first-order valence-corrected chi connectivity index (χ1v) is 8.82. The van der Waals surface area contributed by atoms with Crippen molar-refractivity contribution in [3.63, 3.8) is 0 Å². The summed E-state index contributed by atoms with van der Waals surface area (Å²) in [5.41, 5.74) is 2.31. The summed E-state index contributed by atoms with van der Waals surface area (Å²) >= 11 is 5.88. The van der Waals surface area contributed by atoms with E-state index < -0.39 is 6.04 Å². The van der Waals surface area contributed by atoms with Gasteiger partial charge in [-0.25, -0.2) is 0 Å². The lowest BCUT2D eigenvalue weighted by Gasteiger charge is -2.39. The van der Waals surface area contributed by atoms with E-state index in [2.05, 4.69) is 0 Å². The fraction of sp³-hybridized carbons (Fsp3) is 0.300. The molecule has 1 saturated heterocycles. The number of ether oxygens (including phenoxy) is 1. The third kappa shape index (κ3) is 3.40. The van der Waals surface area contributed by atoms with E-state index in [1.165, 1.54) is 0 Å². The lowest BCUT2D eigenvalue weighted by atomic mass is 10.1. The van der Waals surface area contributed by atoms with Crippen LogP contribution in [-0.2, 0) is 4.79 Å². The molecule has 0 aliphatic carbocycles. The van der Waals surface area contributed by atoms with Crippen LogP contribution < -0.4 is 9.64 Å². The smallest absolute Gasteiger partial charge is 0.254 e. The molecule has 0 N–H and O–H groups in total. The molecule has 0 radical (unpaired) electrons. The summed E-state index contributed by atoms with van der Waals surface area (Å²) in [6.07, 6.45) is 0. The first-order chi connectivity index (χ1) is 12.4. The van der Waals surface area contributed by atoms with Crippen LogP contribution >= 0.6 is 11.6 Å². The fourth-order valence-corrected chi connectivity index (χ4v) is 3.28. The molecule has 1 heterocycles. The lowest BCUT2D eigenvalue weighted by Crippen LogP contribution is -2.57. The Morgan fingerprint density at radius 3 is 2.50 bits per heavy atom. The predicted molar refractivity (Wildman–Crippen MR) is 102 cm³/mol. The van der Waals surface area contributed by atoms with Crippen LogP contribution in [0.4, 0.5) is 5.69 Å². The summed E-state index contributed by atoms with van der Waals surface area (Å²) in [4.78, 5) is 29.0. The minimum atomic E-state index is -0.558. The van der Waals surface area contributed by atoms with Gasteiger partial charge in [-0.15, -0.1) is 0 Å². The first kappa shape index (κ1) is 18.3. The van der Waals surface area contributed by atoms with Crippen molar-refractivity contribution < 1.29 is 14.3 Å². The second kappa shape index (κ2) is 7.38. The molecule has 5 nitrogen and oxygen atoms in total. The van der Waals surface area contributed by atoms with Gasteiger partial charge in [0.1, 0.15) is 11.8 Å². The van der Waals surface area contributed by atoms with Crippen LogP contribution in [0.15, 0.2) is 42.5 Å². The normalized spacial score (nSPS) is 17.4. The van der Waals surface area contributed by atoms with Gasteiger partial charge in [-0.3, -0.25) is 9.59 Å². The van der Waals surface area contributed by atoms with Crippen LogP contribution in [0.1, 0.15) is 22.8 Å². The number of halogens is 1. The molecule has 136 valence electrons. The number of piperazine rings is 1. The SMILES string of the molecule is COc1ccc(C)cc1N1CCN(C(=O)c2ccc(Cl)cc2)[C@@H](C)C1=O. The number of methoxy groups -OCH3 is 1.